The van der Waals surface area contributed by atoms with Gasteiger partial charge >= 0.3 is 0 Å². The highest BCUT2D eigenvalue weighted by Gasteiger charge is 2.06. The molecule has 1 aromatic heterocycles. The number of rotatable bonds is 8. The first-order valence-electron chi connectivity index (χ1n) is 6.30. The molecule has 1 heterocycles. The molecule has 3 heteroatoms. The van der Waals surface area contributed by atoms with Crippen molar-refractivity contribution < 1.29 is 4.42 Å². The molecule has 16 heavy (non-hydrogen) atoms. The Kier molecular flexibility index (Phi) is 6.19. The highest BCUT2D eigenvalue weighted by atomic mass is 16.3. The Morgan fingerprint density at radius 3 is 2.56 bits per heavy atom. The van der Waals surface area contributed by atoms with Crippen molar-refractivity contribution in [2.75, 3.05) is 19.6 Å². The summed E-state index contributed by atoms with van der Waals surface area (Å²) < 4.78 is 5.76. The molecule has 1 aromatic rings. The first kappa shape index (κ1) is 13.3. The molecule has 1 N–H and O–H groups in total. The van der Waals surface area contributed by atoms with Crippen LogP contribution < -0.4 is 5.32 Å². The highest BCUT2D eigenvalue weighted by molar-refractivity contribution is 5.07. The van der Waals surface area contributed by atoms with E-state index in [0.717, 1.165) is 44.2 Å². The molecule has 0 saturated carbocycles. The summed E-state index contributed by atoms with van der Waals surface area (Å²) in [5.74, 6) is 2.10. The lowest BCUT2D eigenvalue weighted by Gasteiger charge is -2.17. The van der Waals surface area contributed by atoms with Crippen LogP contribution in [-0.2, 0) is 13.1 Å². The predicted octanol–water partition coefficient (Wildman–Crippen LogP) is 2.62. The average Bonchev–Trinajstić information content (AvgIpc) is 2.73. The molecule has 0 aliphatic carbocycles. The molecular formula is C13H24N2O. The van der Waals surface area contributed by atoms with Crippen molar-refractivity contribution in [3.8, 4) is 0 Å². The van der Waals surface area contributed by atoms with Gasteiger partial charge in [0.1, 0.15) is 11.5 Å². The smallest absolute Gasteiger partial charge is 0.118 e. The Morgan fingerprint density at radius 2 is 1.94 bits per heavy atom. The summed E-state index contributed by atoms with van der Waals surface area (Å²) >= 11 is 0. The molecule has 1 rings (SSSR count). The third-order valence-corrected chi connectivity index (χ3v) is 2.63. The lowest BCUT2D eigenvalue weighted by molar-refractivity contribution is 0.253. The Labute approximate surface area is 98.8 Å². The lowest BCUT2D eigenvalue weighted by atomic mass is 10.3. The minimum absolute atomic E-state index is 0.830. The molecule has 3 nitrogen and oxygen atoms in total. The molecule has 0 aromatic carbocycles. The van der Waals surface area contributed by atoms with Crippen molar-refractivity contribution in [1.29, 1.82) is 0 Å². The average molecular weight is 224 g/mol. The SMILES string of the molecule is CCCN(CC)Cc1ccc(CNCC)o1. The van der Waals surface area contributed by atoms with Gasteiger partial charge in [-0.2, -0.15) is 0 Å². The van der Waals surface area contributed by atoms with Gasteiger partial charge in [0.25, 0.3) is 0 Å². The van der Waals surface area contributed by atoms with E-state index in [1.165, 1.54) is 6.42 Å². The van der Waals surface area contributed by atoms with E-state index in [4.69, 9.17) is 4.42 Å². The van der Waals surface area contributed by atoms with Crippen molar-refractivity contribution in [2.24, 2.45) is 0 Å². The van der Waals surface area contributed by atoms with Crippen LogP contribution in [0, 0.1) is 0 Å². The number of furan rings is 1. The Hall–Kier alpha value is -0.800. The van der Waals surface area contributed by atoms with Gasteiger partial charge in [-0.25, -0.2) is 0 Å². The summed E-state index contributed by atoms with van der Waals surface area (Å²) in [6.45, 7) is 11.5. The molecule has 92 valence electrons. The molecule has 0 spiro atoms. The van der Waals surface area contributed by atoms with Crippen molar-refractivity contribution in [2.45, 2.75) is 40.3 Å². The van der Waals surface area contributed by atoms with E-state index in [1.54, 1.807) is 0 Å². The topological polar surface area (TPSA) is 28.4 Å². The molecule has 0 unspecified atom stereocenters. The number of nitrogens with one attached hydrogen (secondary N) is 1. The predicted molar refractivity (Wildman–Crippen MR) is 67.3 cm³/mol. The molecule has 0 atom stereocenters. The molecule has 0 amide bonds. The largest absolute Gasteiger partial charge is 0.463 e. The summed E-state index contributed by atoms with van der Waals surface area (Å²) in [5.41, 5.74) is 0. The summed E-state index contributed by atoms with van der Waals surface area (Å²) in [6, 6.07) is 4.16. The second-order valence-electron chi connectivity index (χ2n) is 4.02. The van der Waals surface area contributed by atoms with Crippen LogP contribution in [0.2, 0.25) is 0 Å². The van der Waals surface area contributed by atoms with Crippen molar-refractivity contribution >= 4 is 0 Å². The second-order valence-corrected chi connectivity index (χ2v) is 4.02. The Balaban J connectivity index is 2.43. The Morgan fingerprint density at radius 1 is 1.19 bits per heavy atom. The first-order valence-corrected chi connectivity index (χ1v) is 6.30. The molecule has 0 saturated heterocycles. The zero-order valence-corrected chi connectivity index (χ0v) is 10.8. The van der Waals surface area contributed by atoms with Crippen LogP contribution in [-0.4, -0.2) is 24.5 Å². The number of hydrogen-bond acceptors (Lipinski definition) is 3. The minimum Gasteiger partial charge on any atom is -0.463 e. The van der Waals surface area contributed by atoms with Gasteiger partial charge in [-0.1, -0.05) is 20.8 Å². The van der Waals surface area contributed by atoms with E-state index in [9.17, 15) is 0 Å². The maximum atomic E-state index is 5.76. The van der Waals surface area contributed by atoms with Crippen LogP contribution in [0.15, 0.2) is 16.5 Å². The summed E-state index contributed by atoms with van der Waals surface area (Å²) in [5, 5.41) is 3.26. The van der Waals surface area contributed by atoms with Crippen LogP contribution in [0.4, 0.5) is 0 Å². The summed E-state index contributed by atoms with van der Waals surface area (Å²) in [7, 11) is 0. The van der Waals surface area contributed by atoms with Crippen molar-refractivity contribution in [3.05, 3.63) is 23.7 Å². The van der Waals surface area contributed by atoms with Crippen molar-refractivity contribution in [3.63, 3.8) is 0 Å². The fourth-order valence-corrected chi connectivity index (χ4v) is 1.74. The van der Waals surface area contributed by atoms with E-state index >= 15 is 0 Å². The van der Waals surface area contributed by atoms with Crippen LogP contribution >= 0.6 is 0 Å². The Bertz CT molecular complexity index is 283. The van der Waals surface area contributed by atoms with Gasteiger partial charge in [-0.05, 0) is 38.2 Å². The van der Waals surface area contributed by atoms with Crippen LogP contribution in [0.3, 0.4) is 0 Å². The molecule has 0 aliphatic heterocycles. The third kappa shape index (κ3) is 4.37. The molecular weight excluding hydrogens is 200 g/mol. The van der Waals surface area contributed by atoms with Crippen LogP contribution in [0.5, 0.6) is 0 Å². The molecule has 0 radical (unpaired) electrons. The van der Waals surface area contributed by atoms with Gasteiger partial charge in [0.2, 0.25) is 0 Å². The van der Waals surface area contributed by atoms with E-state index in [-0.39, 0.29) is 0 Å². The monoisotopic (exact) mass is 224 g/mol. The van der Waals surface area contributed by atoms with Gasteiger partial charge in [-0.3, -0.25) is 4.90 Å². The minimum atomic E-state index is 0.830. The molecule has 0 aliphatic rings. The zero-order chi connectivity index (χ0) is 11.8. The fourth-order valence-electron chi connectivity index (χ4n) is 1.74. The normalized spacial score (nSPS) is 11.2. The van der Waals surface area contributed by atoms with E-state index in [0.29, 0.717) is 0 Å². The van der Waals surface area contributed by atoms with E-state index in [2.05, 4.69) is 43.1 Å². The third-order valence-electron chi connectivity index (χ3n) is 2.63. The molecule has 0 bridgehead atoms. The van der Waals surface area contributed by atoms with Gasteiger partial charge < -0.3 is 9.73 Å². The van der Waals surface area contributed by atoms with Gasteiger partial charge in [-0.15, -0.1) is 0 Å². The summed E-state index contributed by atoms with van der Waals surface area (Å²) in [4.78, 5) is 2.40. The van der Waals surface area contributed by atoms with Gasteiger partial charge in [0.15, 0.2) is 0 Å². The van der Waals surface area contributed by atoms with E-state index in [1.807, 2.05) is 0 Å². The fraction of sp³-hybridized carbons (Fsp3) is 0.692. The van der Waals surface area contributed by atoms with Gasteiger partial charge in [0, 0.05) is 0 Å². The van der Waals surface area contributed by atoms with Crippen LogP contribution in [0.1, 0.15) is 38.7 Å². The standard InChI is InChI=1S/C13H24N2O/c1-4-9-15(6-3)11-13-8-7-12(16-13)10-14-5-2/h7-8,14H,4-6,9-11H2,1-3H3. The summed E-state index contributed by atoms with van der Waals surface area (Å²) in [6.07, 6.45) is 1.19. The quantitative estimate of drug-likeness (QED) is 0.736. The van der Waals surface area contributed by atoms with Gasteiger partial charge in [0.05, 0.1) is 13.1 Å². The maximum Gasteiger partial charge on any atom is 0.118 e. The lowest BCUT2D eigenvalue weighted by Crippen LogP contribution is -2.23. The van der Waals surface area contributed by atoms with E-state index < -0.39 is 0 Å². The highest BCUT2D eigenvalue weighted by Crippen LogP contribution is 2.10. The zero-order valence-electron chi connectivity index (χ0n) is 10.8. The second kappa shape index (κ2) is 7.47. The molecule has 0 fully saturated rings. The number of hydrogen-bond donors (Lipinski definition) is 1. The van der Waals surface area contributed by atoms with Crippen LogP contribution in [0.25, 0.3) is 0 Å². The first-order chi connectivity index (χ1) is 7.80. The maximum absolute atomic E-state index is 5.76. The van der Waals surface area contributed by atoms with Crippen molar-refractivity contribution in [1.82, 2.24) is 10.2 Å². The number of nitrogens with zero attached hydrogens (tertiary/aromatic N) is 1.